The predicted octanol–water partition coefficient (Wildman–Crippen LogP) is 5.79. The van der Waals surface area contributed by atoms with Gasteiger partial charge in [-0.3, -0.25) is 4.79 Å². The van der Waals surface area contributed by atoms with E-state index in [4.69, 9.17) is 4.74 Å². The van der Waals surface area contributed by atoms with E-state index in [1.165, 1.54) is 23.1 Å². The third-order valence-electron chi connectivity index (χ3n) is 4.44. The van der Waals surface area contributed by atoms with E-state index in [1.807, 2.05) is 48.7 Å². The van der Waals surface area contributed by atoms with Gasteiger partial charge in [0.2, 0.25) is 5.91 Å². The van der Waals surface area contributed by atoms with Crippen LogP contribution in [0.1, 0.15) is 38.4 Å². The van der Waals surface area contributed by atoms with Crippen molar-refractivity contribution >= 4 is 34.1 Å². The number of hydrogen-bond acceptors (Lipinski definition) is 7. The first-order valence-electron chi connectivity index (χ1n) is 10.5. The fourth-order valence-electron chi connectivity index (χ4n) is 2.98. The van der Waals surface area contributed by atoms with Crippen LogP contribution >= 0.6 is 23.1 Å². The number of amides is 1. The minimum Gasteiger partial charge on any atom is -0.494 e. The molecule has 0 unspecified atom stereocenters. The Bertz CT molecular complexity index is 1090. The molecule has 3 aromatic rings. The van der Waals surface area contributed by atoms with Crippen molar-refractivity contribution in [1.82, 2.24) is 9.97 Å². The minimum atomic E-state index is -0.109. The van der Waals surface area contributed by atoms with Crippen LogP contribution in [0, 0.1) is 17.2 Å². The van der Waals surface area contributed by atoms with E-state index in [0.29, 0.717) is 40.4 Å². The average molecular weight is 467 g/mol. The van der Waals surface area contributed by atoms with E-state index < -0.39 is 0 Å². The summed E-state index contributed by atoms with van der Waals surface area (Å²) in [6.07, 6.45) is 1.17. The number of hydrogen-bond donors (Lipinski definition) is 1. The summed E-state index contributed by atoms with van der Waals surface area (Å²) in [6.45, 7) is 6.85. The number of nitriles is 1. The van der Waals surface area contributed by atoms with Crippen LogP contribution in [-0.4, -0.2) is 28.2 Å². The highest BCUT2D eigenvalue weighted by atomic mass is 32.2. The van der Waals surface area contributed by atoms with Crippen molar-refractivity contribution in [3.8, 4) is 23.1 Å². The summed E-state index contributed by atoms with van der Waals surface area (Å²) in [7, 11) is 0. The number of pyridine rings is 1. The largest absolute Gasteiger partial charge is 0.494 e. The Morgan fingerprint density at radius 3 is 2.69 bits per heavy atom. The molecule has 166 valence electrons. The number of anilines is 1. The summed E-state index contributed by atoms with van der Waals surface area (Å²) >= 11 is 2.83. The highest BCUT2D eigenvalue weighted by Gasteiger charge is 2.11. The SMILES string of the molecule is CCOc1ccc(-c2csc(NC(=O)CCSc3nc(CC(C)C)ccc3C#N)n2)cc1. The molecule has 8 heteroatoms. The van der Waals surface area contributed by atoms with Crippen LogP contribution in [0.2, 0.25) is 0 Å². The molecule has 0 bridgehead atoms. The van der Waals surface area contributed by atoms with Crippen molar-refractivity contribution in [2.24, 2.45) is 5.92 Å². The molecular formula is C24H26N4O2S2. The second-order valence-electron chi connectivity index (χ2n) is 7.51. The van der Waals surface area contributed by atoms with Crippen LogP contribution in [0.4, 0.5) is 5.13 Å². The Kier molecular flexibility index (Phi) is 8.65. The van der Waals surface area contributed by atoms with Gasteiger partial charge >= 0.3 is 0 Å². The number of carbonyl (C=O) groups is 1. The maximum absolute atomic E-state index is 12.4. The van der Waals surface area contributed by atoms with Gasteiger partial charge in [-0.05, 0) is 55.7 Å². The summed E-state index contributed by atoms with van der Waals surface area (Å²) < 4.78 is 5.46. The average Bonchev–Trinajstić information content (AvgIpc) is 3.22. The highest BCUT2D eigenvalue weighted by molar-refractivity contribution is 7.99. The summed E-state index contributed by atoms with van der Waals surface area (Å²) in [6, 6.07) is 13.6. The lowest BCUT2D eigenvalue weighted by Crippen LogP contribution is -2.12. The molecule has 0 radical (unpaired) electrons. The molecule has 1 amide bonds. The van der Waals surface area contributed by atoms with Crippen molar-refractivity contribution in [3.63, 3.8) is 0 Å². The van der Waals surface area contributed by atoms with Crippen molar-refractivity contribution in [3.05, 3.63) is 53.0 Å². The lowest BCUT2D eigenvalue weighted by molar-refractivity contribution is -0.115. The van der Waals surface area contributed by atoms with Crippen LogP contribution in [-0.2, 0) is 11.2 Å². The molecule has 0 spiro atoms. The van der Waals surface area contributed by atoms with Gasteiger partial charge in [0.25, 0.3) is 0 Å². The number of nitrogens with zero attached hydrogens (tertiary/aromatic N) is 3. The molecular weight excluding hydrogens is 440 g/mol. The van der Waals surface area contributed by atoms with E-state index >= 15 is 0 Å². The number of rotatable bonds is 10. The summed E-state index contributed by atoms with van der Waals surface area (Å²) in [5, 5.41) is 15.4. The molecule has 1 aromatic carbocycles. The zero-order valence-corrected chi connectivity index (χ0v) is 20.1. The maximum Gasteiger partial charge on any atom is 0.226 e. The molecule has 0 aliphatic rings. The van der Waals surface area contributed by atoms with Gasteiger partial charge in [-0.15, -0.1) is 23.1 Å². The van der Waals surface area contributed by atoms with Gasteiger partial charge in [0.1, 0.15) is 16.8 Å². The normalized spacial score (nSPS) is 10.7. The number of nitrogens with one attached hydrogen (secondary N) is 1. The smallest absolute Gasteiger partial charge is 0.226 e. The Hall–Kier alpha value is -2.89. The molecule has 0 aliphatic heterocycles. The zero-order valence-electron chi connectivity index (χ0n) is 18.4. The van der Waals surface area contributed by atoms with Crippen LogP contribution in [0.3, 0.4) is 0 Å². The van der Waals surface area contributed by atoms with E-state index in [2.05, 4.69) is 35.2 Å². The van der Waals surface area contributed by atoms with Gasteiger partial charge < -0.3 is 10.1 Å². The number of thiazole rings is 1. The van der Waals surface area contributed by atoms with Crippen LogP contribution in [0.25, 0.3) is 11.3 Å². The fourth-order valence-corrected chi connectivity index (χ4v) is 4.65. The summed E-state index contributed by atoms with van der Waals surface area (Å²) in [4.78, 5) is 21.5. The number of carbonyl (C=O) groups excluding carboxylic acids is 1. The van der Waals surface area contributed by atoms with Gasteiger partial charge in [0.15, 0.2) is 5.13 Å². The van der Waals surface area contributed by atoms with Gasteiger partial charge in [-0.25, -0.2) is 9.97 Å². The lowest BCUT2D eigenvalue weighted by Gasteiger charge is -2.08. The quantitative estimate of drug-likeness (QED) is 0.380. The number of ether oxygens (including phenoxy) is 1. The van der Waals surface area contributed by atoms with Crippen LogP contribution in [0.15, 0.2) is 46.8 Å². The molecule has 6 nitrogen and oxygen atoms in total. The van der Waals surface area contributed by atoms with Crippen molar-refractivity contribution in [1.29, 1.82) is 5.26 Å². The topological polar surface area (TPSA) is 87.9 Å². The van der Waals surface area contributed by atoms with E-state index in [1.54, 1.807) is 0 Å². The van der Waals surface area contributed by atoms with Gasteiger partial charge in [0.05, 0.1) is 17.9 Å². The van der Waals surface area contributed by atoms with Crippen molar-refractivity contribution in [2.45, 2.75) is 38.6 Å². The van der Waals surface area contributed by atoms with E-state index in [-0.39, 0.29) is 5.91 Å². The Balaban J connectivity index is 1.53. The number of aromatic nitrogens is 2. The predicted molar refractivity (Wildman–Crippen MR) is 130 cm³/mol. The molecule has 0 aliphatic carbocycles. The molecule has 0 saturated carbocycles. The first kappa shape index (κ1) is 23.8. The third-order valence-corrected chi connectivity index (χ3v) is 6.19. The molecule has 0 fully saturated rings. The molecule has 1 N–H and O–H groups in total. The van der Waals surface area contributed by atoms with Gasteiger partial charge in [-0.1, -0.05) is 13.8 Å². The summed E-state index contributed by atoms with van der Waals surface area (Å²) in [5.41, 5.74) is 3.29. The first-order valence-corrected chi connectivity index (χ1v) is 12.4. The standard InChI is InChI=1S/C24H26N4O2S2/c1-4-30-20-9-6-17(7-10-20)21-15-32-24(27-21)28-22(29)11-12-31-23-18(14-25)5-8-19(26-23)13-16(2)3/h5-10,15-16H,4,11-13H2,1-3H3,(H,27,28,29). The van der Waals surface area contributed by atoms with Crippen molar-refractivity contribution in [2.75, 3.05) is 17.7 Å². The van der Waals surface area contributed by atoms with Crippen LogP contribution in [0.5, 0.6) is 5.75 Å². The molecule has 2 aromatic heterocycles. The van der Waals surface area contributed by atoms with E-state index in [9.17, 15) is 10.1 Å². The molecule has 2 heterocycles. The molecule has 32 heavy (non-hydrogen) atoms. The van der Waals surface area contributed by atoms with Gasteiger partial charge in [0, 0.05) is 28.8 Å². The second-order valence-corrected chi connectivity index (χ2v) is 9.45. The summed E-state index contributed by atoms with van der Waals surface area (Å²) in [5.74, 6) is 1.74. The zero-order chi connectivity index (χ0) is 22.9. The maximum atomic E-state index is 12.4. The Morgan fingerprint density at radius 1 is 1.22 bits per heavy atom. The lowest BCUT2D eigenvalue weighted by atomic mass is 10.1. The Morgan fingerprint density at radius 2 is 2.00 bits per heavy atom. The molecule has 0 atom stereocenters. The Labute approximate surface area is 197 Å². The highest BCUT2D eigenvalue weighted by Crippen LogP contribution is 2.27. The van der Waals surface area contributed by atoms with Crippen molar-refractivity contribution < 1.29 is 9.53 Å². The van der Waals surface area contributed by atoms with E-state index in [0.717, 1.165) is 29.1 Å². The third kappa shape index (κ3) is 6.81. The molecule has 0 saturated heterocycles. The van der Waals surface area contributed by atoms with Gasteiger partial charge in [-0.2, -0.15) is 5.26 Å². The monoisotopic (exact) mass is 466 g/mol. The second kappa shape index (κ2) is 11.7. The van der Waals surface area contributed by atoms with Crippen LogP contribution < -0.4 is 10.1 Å². The molecule has 3 rings (SSSR count). The number of benzene rings is 1. The fraction of sp³-hybridized carbons (Fsp3) is 0.333. The first-order chi connectivity index (χ1) is 15.5. The number of thioether (sulfide) groups is 1. The minimum absolute atomic E-state index is 0.109.